The van der Waals surface area contributed by atoms with Crippen LogP contribution < -0.4 is 10.6 Å². The standard InChI is InChI=1S/C13H21N5O.ClH/c1-10(2)12(14)13(19)18-7-5-17(6-8-18)11-9-15-3-4-16-11;/h3-4,9-10,12H,5-8,14H2,1-2H3;1H/t12-;/m0./s1. The maximum atomic E-state index is 12.1. The lowest BCUT2D eigenvalue weighted by Gasteiger charge is -2.36. The van der Waals surface area contributed by atoms with Crippen molar-refractivity contribution in [3.8, 4) is 0 Å². The average Bonchev–Trinajstić information content (AvgIpc) is 2.46. The SMILES string of the molecule is CC(C)[C@H](N)C(=O)N1CCN(c2cnccn2)CC1.Cl. The van der Waals surface area contributed by atoms with Gasteiger partial charge >= 0.3 is 0 Å². The van der Waals surface area contributed by atoms with E-state index < -0.39 is 6.04 Å². The molecule has 20 heavy (non-hydrogen) atoms. The highest BCUT2D eigenvalue weighted by molar-refractivity contribution is 5.85. The van der Waals surface area contributed by atoms with Crippen LogP contribution in [0.3, 0.4) is 0 Å². The maximum Gasteiger partial charge on any atom is 0.239 e. The van der Waals surface area contributed by atoms with Gasteiger partial charge in [-0.25, -0.2) is 4.98 Å². The molecule has 2 heterocycles. The Morgan fingerprint density at radius 2 is 1.90 bits per heavy atom. The van der Waals surface area contributed by atoms with Crippen LogP contribution in [0.1, 0.15) is 13.8 Å². The summed E-state index contributed by atoms with van der Waals surface area (Å²) in [4.78, 5) is 24.5. The molecular weight excluding hydrogens is 278 g/mol. The molecule has 7 heteroatoms. The topological polar surface area (TPSA) is 75.4 Å². The molecule has 0 aromatic carbocycles. The molecule has 0 aliphatic carbocycles. The third kappa shape index (κ3) is 3.80. The van der Waals surface area contributed by atoms with E-state index in [0.717, 1.165) is 18.9 Å². The molecule has 0 unspecified atom stereocenters. The average molecular weight is 300 g/mol. The minimum Gasteiger partial charge on any atom is -0.352 e. The highest BCUT2D eigenvalue weighted by Crippen LogP contribution is 2.13. The molecule has 0 bridgehead atoms. The molecule has 1 aromatic heterocycles. The van der Waals surface area contributed by atoms with Crippen molar-refractivity contribution in [1.29, 1.82) is 0 Å². The molecule has 112 valence electrons. The summed E-state index contributed by atoms with van der Waals surface area (Å²) in [7, 11) is 0. The first kappa shape index (κ1) is 16.7. The third-order valence-electron chi connectivity index (χ3n) is 3.47. The number of hydrogen-bond acceptors (Lipinski definition) is 5. The first-order valence-corrected chi connectivity index (χ1v) is 6.65. The van der Waals surface area contributed by atoms with Gasteiger partial charge in [-0.15, -0.1) is 12.4 Å². The van der Waals surface area contributed by atoms with Gasteiger partial charge in [0.05, 0.1) is 12.2 Å². The molecule has 0 saturated carbocycles. The summed E-state index contributed by atoms with van der Waals surface area (Å²) in [6.07, 6.45) is 5.09. The Bertz CT molecular complexity index is 420. The van der Waals surface area contributed by atoms with E-state index in [9.17, 15) is 4.79 Å². The van der Waals surface area contributed by atoms with Crippen LogP contribution in [0.2, 0.25) is 0 Å². The van der Waals surface area contributed by atoms with E-state index >= 15 is 0 Å². The van der Waals surface area contributed by atoms with Gasteiger partial charge in [0.2, 0.25) is 5.91 Å². The zero-order chi connectivity index (χ0) is 13.8. The molecular formula is C13H22ClN5O. The van der Waals surface area contributed by atoms with Gasteiger partial charge < -0.3 is 15.5 Å². The Hall–Kier alpha value is -1.40. The summed E-state index contributed by atoms with van der Waals surface area (Å²) in [5, 5.41) is 0. The lowest BCUT2D eigenvalue weighted by atomic mass is 10.0. The second-order valence-corrected chi connectivity index (χ2v) is 5.15. The maximum absolute atomic E-state index is 12.1. The smallest absolute Gasteiger partial charge is 0.239 e. The number of nitrogens with zero attached hydrogens (tertiary/aromatic N) is 4. The number of carbonyl (C=O) groups is 1. The van der Waals surface area contributed by atoms with Crippen molar-refractivity contribution in [2.45, 2.75) is 19.9 Å². The predicted octanol–water partition coefficient (Wildman–Crippen LogP) is 0.530. The highest BCUT2D eigenvalue weighted by Gasteiger charge is 2.27. The number of piperazine rings is 1. The monoisotopic (exact) mass is 299 g/mol. The number of amides is 1. The Morgan fingerprint density at radius 1 is 1.25 bits per heavy atom. The number of rotatable bonds is 3. The van der Waals surface area contributed by atoms with Gasteiger partial charge in [0.1, 0.15) is 5.82 Å². The van der Waals surface area contributed by atoms with Crippen LogP contribution in [0.5, 0.6) is 0 Å². The molecule has 1 fully saturated rings. The summed E-state index contributed by atoms with van der Waals surface area (Å²) < 4.78 is 0. The fourth-order valence-corrected chi connectivity index (χ4v) is 2.11. The zero-order valence-electron chi connectivity index (χ0n) is 11.9. The highest BCUT2D eigenvalue weighted by atomic mass is 35.5. The van der Waals surface area contributed by atoms with Crippen molar-refractivity contribution in [2.24, 2.45) is 11.7 Å². The van der Waals surface area contributed by atoms with E-state index in [-0.39, 0.29) is 24.2 Å². The lowest BCUT2D eigenvalue weighted by Crippen LogP contribution is -2.54. The van der Waals surface area contributed by atoms with Crippen LogP contribution in [-0.2, 0) is 4.79 Å². The van der Waals surface area contributed by atoms with Gasteiger partial charge in [-0.3, -0.25) is 9.78 Å². The number of hydrogen-bond donors (Lipinski definition) is 1. The van der Waals surface area contributed by atoms with Gasteiger partial charge in [0.15, 0.2) is 0 Å². The predicted molar refractivity (Wildman–Crippen MR) is 80.9 cm³/mol. The summed E-state index contributed by atoms with van der Waals surface area (Å²) in [5.41, 5.74) is 5.91. The quantitative estimate of drug-likeness (QED) is 0.881. The van der Waals surface area contributed by atoms with E-state index in [2.05, 4.69) is 14.9 Å². The summed E-state index contributed by atoms with van der Waals surface area (Å²) >= 11 is 0. The van der Waals surface area contributed by atoms with Crippen LogP contribution in [0.25, 0.3) is 0 Å². The van der Waals surface area contributed by atoms with Crippen molar-refractivity contribution >= 4 is 24.1 Å². The lowest BCUT2D eigenvalue weighted by molar-refractivity contribution is -0.133. The molecule has 1 amide bonds. The van der Waals surface area contributed by atoms with Crippen molar-refractivity contribution < 1.29 is 4.79 Å². The number of halogens is 1. The van der Waals surface area contributed by atoms with Crippen molar-refractivity contribution in [3.05, 3.63) is 18.6 Å². The Kier molecular flexibility index (Phi) is 6.16. The Balaban J connectivity index is 0.00000200. The molecule has 2 N–H and O–H groups in total. The van der Waals surface area contributed by atoms with Crippen LogP contribution in [0.4, 0.5) is 5.82 Å². The molecule has 1 aliphatic heterocycles. The summed E-state index contributed by atoms with van der Waals surface area (Å²) in [6, 6.07) is -0.400. The normalized spacial score (nSPS) is 16.8. The number of aromatic nitrogens is 2. The molecule has 2 rings (SSSR count). The fraction of sp³-hybridized carbons (Fsp3) is 0.615. The van der Waals surface area contributed by atoms with Gasteiger partial charge in [-0.2, -0.15) is 0 Å². The van der Waals surface area contributed by atoms with Crippen LogP contribution >= 0.6 is 12.4 Å². The van der Waals surface area contributed by atoms with Crippen LogP contribution in [0, 0.1) is 5.92 Å². The van der Waals surface area contributed by atoms with E-state index in [0.29, 0.717) is 13.1 Å². The first-order valence-electron chi connectivity index (χ1n) is 6.65. The second-order valence-electron chi connectivity index (χ2n) is 5.15. The van der Waals surface area contributed by atoms with E-state index in [1.807, 2.05) is 18.7 Å². The van der Waals surface area contributed by atoms with E-state index in [1.165, 1.54) is 0 Å². The van der Waals surface area contributed by atoms with Gasteiger partial charge in [-0.05, 0) is 5.92 Å². The molecule has 6 nitrogen and oxygen atoms in total. The number of anilines is 1. The van der Waals surface area contributed by atoms with E-state index in [1.54, 1.807) is 18.6 Å². The number of carbonyl (C=O) groups excluding carboxylic acids is 1. The first-order chi connectivity index (χ1) is 9.09. The van der Waals surface area contributed by atoms with E-state index in [4.69, 9.17) is 5.73 Å². The minimum absolute atomic E-state index is 0. The van der Waals surface area contributed by atoms with Crippen molar-refractivity contribution in [2.75, 3.05) is 31.1 Å². The molecule has 1 aromatic rings. The molecule has 0 radical (unpaired) electrons. The van der Waals surface area contributed by atoms with Gasteiger partial charge in [0, 0.05) is 38.6 Å². The zero-order valence-corrected chi connectivity index (χ0v) is 12.7. The van der Waals surface area contributed by atoms with Gasteiger partial charge in [-0.1, -0.05) is 13.8 Å². The molecule has 1 saturated heterocycles. The van der Waals surface area contributed by atoms with Crippen LogP contribution in [-0.4, -0.2) is 53.0 Å². The third-order valence-corrected chi connectivity index (χ3v) is 3.47. The fourth-order valence-electron chi connectivity index (χ4n) is 2.11. The van der Waals surface area contributed by atoms with Gasteiger partial charge in [0.25, 0.3) is 0 Å². The minimum atomic E-state index is -0.400. The van der Waals surface area contributed by atoms with Crippen LogP contribution in [0.15, 0.2) is 18.6 Å². The molecule has 1 atom stereocenters. The summed E-state index contributed by atoms with van der Waals surface area (Å²) in [5.74, 6) is 1.09. The Labute approximate surface area is 125 Å². The number of nitrogens with two attached hydrogens (primary N) is 1. The Morgan fingerprint density at radius 3 is 2.40 bits per heavy atom. The second kappa shape index (κ2) is 7.40. The molecule has 0 spiro atoms. The van der Waals surface area contributed by atoms with Crippen molar-refractivity contribution in [3.63, 3.8) is 0 Å². The summed E-state index contributed by atoms with van der Waals surface area (Å²) in [6.45, 7) is 6.87. The molecule has 1 aliphatic rings. The largest absolute Gasteiger partial charge is 0.352 e. The van der Waals surface area contributed by atoms with Crippen molar-refractivity contribution in [1.82, 2.24) is 14.9 Å².